The van der Waals surface area contributed by atoms with E-state index < -0.39 is 5.76 Å². The van der Waals surface area contributed by atoms with E-state index in [1.165, 1.54) is 0 Å². The van der Waals surface area contributed by atoms with Crippen LogP contribution in [0.25, 0.3) is 0 Å². The van der Waals surface area contributed by atoms with Gasteiger partial charge >= 0.3 is 5.76 Å². The number of amides is 2. The van der Waals surface area contributed by atoms with Gasteiger partial charge in [0, 0.05) is 24.1 Å². The Morgan fingerprint density at radius 2 is 2.00 bits per heavy atom. The van der Waals surface area contributed by atoms with Crippen LogP contribution in [0, 0.1) is 0 Å². The maximum atomic E-state index is 12.6. The molecule has 0 radical (unpaired) electrons. The molecule has 3 N–H and O–H groups in total. The van der Waals surface area contributed by atoms with Gasteiger partial charge in [0.25, 0.3) is 5.91 Å². The summed E-state index contributed by atoms with van der Waals surface area (Å²) < 4.78 is 4.49. The highest BCUT2D eigenvalue weighted by Gasteiger charge is 2.19. The molecule has 0 spiro atoms. The van der Waals surface area contributed by atoms with Crippen molar-refractivity contribution in [2.24, 2.45) is 0 Å². The van der Waals surface area contributed by atoms with Gasteiger partial charge in [-0.15, -0.1) is 0 Å². The van der Waals surface area contributed by atoms with Gasteiger partial charge in [-0.25, -0.2) is 4.79 Å². The molecule has 1 aliphatic heterocycles. The van der Waals surface area contributed by atoms with Crippen LogP contribution >= 0.6 is 0 Å². The molecule has 0 bridgehead atoms. The first-order chi connectivity index (χ1) is 14.1. The van der Waals surface area contributed by atoms with Crippen molar-refractivity contribution in [1.29, 1.82) is 0 Å². The highest BCUT2D eigenvalue weighted by atomic mass is 16.5. The molecule has 2 aromatic carbocycles. The molecule has 29 heavy (non-hydrogen) atoms. The largest absolute Gasteiger partial charge is 0.438 e. The molecule has 1 atom stereocenters. The molecular formula is C21H20N4O4. The maximum absolute atomic E-state index is 12.6. The van der Waals surface area contributed by atoms with Crippen molar-refractivity contribution in [2.45, 2.75) is 31.7 Å². The van der Waals surface area contributed by atoms with Crippen LogP contribution in [0.4, 0.5) is 5.69 Å². The Hall–Kier alpha value is -3.68. The van der Waals surface area contributed by atoms with Crippen molar-refractivity contribution in [3.63, 3.8) is 0 Å². The molecule has 2 amide bonds. The minimum Gasteiger partial charge on any atom is -0.349 e. The lowest BCUT2D eigenvalue weighted by atomic mass is 9.96. The molecule has 148 valence electrons. The minimum absolute atomic E-state index is 0.00742. The van der Waals surface area contributed by atoms with Gasteiger partial charge in [-0.2, -0.15) is 0 Å². The Labute approximate surface area is 166 Å². The number of rotatable bonds is 5. The number of anilines is 1. The standard InChI is InChI=1S/C21H20N4O4/c26-19-6-2-5-17(23-19)14-7-9-15(10-8-14)20(27)22-16-4-1-3-13(11-16)12-18-24-21(28)29-25-18/h1,3-4,7-11,17H,2,5-6,12H2,(H,22,27)(H,23,26)(H,24,25,28). The van der Waals surface area contributed by atoms with Gasteiger partial charge in [0.2, 0.25) is 5.91 Å². The van der Waals surface area contributed by atoms with Crippen molar-refractivity contribution in [3.05, 3.63) is 81.6 Å². The third kappa shape index (κ3) is 4.60. The van der Waals surface area contributed by atoms with Crippen molar-refractivity contribution in [2.75, 3.05) is 5.32 Å². The van der Waals surface area contributed by atoms with Crippen molar-refractivity contribution in [1.82, 2.24) is 15.5 Å². The third-order valence-electron chi connectivity index (χ3n) is 4.85. The van der Waals surface area contributed by atoms with Gasteiger partial charge in [0.1, 0.15) is 0 Å². The summed E-state index contributed by atoms with van der Waals surface area (Å²) in [7, 11) is 0. The van der Waals surface area contributed by atoms with E-state index in [9.17, 15) is 14.4 Å². The number of carbonyl (C=O) groups is 2. The second-order valence-corrected chi connectivity index (χ2v) is 7.01. The fourth-order valence-corrected chi connectivity index (χ4v) is 3.41. The molecule has 1 unspecified atom stereocenters. The van der Waals surface area contributed by atoms with E-state index in [1.54, 1.807) is 18.2 Å². The molecule has 4 rings (SSSR count). The van der Waals surface area contributed by atoms with Gasteiger partial charge in [-0.3, -0.25) is 19.1 Å². The van der Waals surface area contributed by atoms with E-state index >= 15 is 0 Å². The number of nitrogens with one attached hydrogen (secondary N) is 3. The van der Waals surface area contributed by atoms with Gasteiger partial charge < -0.3 is 10.6 Å². The molecule has 1 fully saturated rings. The van der Waals surface area contributed by atoms with Crippen LogP contribution in [0.5, 0.6) is 0 Å². The fraction of sp³-hybridized carbons (Fsp3) is 0.238. The lowest BCUT2D eigenvalue weighted by Crippen LogP contribution is -2.32. The summed E-state index contributed by atoms with van der Waals surface area (Å²) in [5, 5.41) is 9.49. The molecule has 8 heteroatoms. The highest BCUT2D eigenvalue weighted by Crippen LogP contribution is 2.24. The zero-order chi connectivity index (χ0) is 20.2. The first kappa shape index (κ1) is 18.7. The molecule has 0 aliphatic carbocycles. The highest BCUT2D eigenvalue weighted by molar-refractivity contribution is 6.04. The predicted octanol–water partition coefficient (Wildman–Crippen LogP) is 2.55. The molecule has 2 heterocycles. The smallest absolute Gasteiger partial charge is 0.349 e. The Balaban J connectivity index is 1.42. The van der Waals surface area contributed by atoms with Crippen molar-refractivity contribution < 1.29 is 14.1 Å². The number of H-pyrrole nitrogens is 1. The summed E-state index contributed by atoms with van der Waals surface area (Å²) in [6, 6.07) is 14.6. The topological polar surface area (TPSA) is 117 Å². The van der Waals surface area contributed by atoms with Crippen LogP contribution in [0.3, 0.4) is 0 Å². The molecule has 1 aromatic heterocycles. The summed E-state index contributed by atoms with van der Waals surface area (Å²) in [5.41, 5.74) is 3.04. The minimum atomic E-state index is -0.597. The number of piperidine rings is 1. The summed E-state index contributed by atoms with van der Waals surface area (Å²) in [6.45, 7) is 0. The monoisotopic (exact) mass is 392 g/mol. The van der Waals surface area contributed by atoms with E-state index in [4.69, 9.17) is 0 Å². The van der Waals surface area contributed by atoms with Gasteiger partial charge in [0.15, 0.2) is 5.82 Å². The molecule has 3 aromatic rings. The number of hydrogen-bond donors (Lipinski definition) is 3. The van der Waals surface area contributed by atoms with E-state index in [2.05, 4.69) is 25.3 Å². The van der Waals surface area contributed by atoms with Crippen LogP contribution in [-0.2, 0) is 11.2 Å². The average molecular weight is 392 g/mol. The Morgan fingerprint density at radius 3 is 2.72 bits per heavy atom. The summed E-state index contributed by atoms with van der Waals surface area (Å²) in [5.74, 6) is -0.335. The average Bonchev–Trinajstić information content (AvgIpc) is 3.13. The van der Waals surface area contributed by atoms with E-state index in [1.807, 2.05) is 30.3 Å². The van der Waals surface area contributed by atoms with Crippen LogP contribution in [0.2, 0.25) is 0 Å². The normalized spacial score (nSPS) is 16.3. The molecular weight excluding hydrogens is 372 g/mol. The number of carbonyl (C=O) groups excluding carboxylic acids is 2. The van der Waals surface area contributed by atoms with Crippen LogP contribution in [0.15, 0.2) is 57.8 Å². The molecule has 0 saturated carbocycles. The Kier molecular flexibility index (Phi) is 5.24. The zero-order valence-corrected chi connectivity index (χ0v) is 15.6. The number of benzene rings is 2. The number of aromatic nitrogens is 2. The quantitative estimate of drug-likeness (QED) is 0.617. The van der Waals surface area contributed by atoms with Gasteiger partial charge in [0.05, 0.1) is 6.04 Å². The number of hydrogen-bond acceptors (Lipinski definition) is 5. The molecule has 8 nitrogen and oxygen atoms in total. The predicted molar refractivity (Wildman–Crippen MR) is 106 cm³/mol. The number of nitrogens with zero attached hydrogens (tertiary/aromatic N) is 1. The summed E-state index contributed by atoms with van der Waals surface area (Å²) in [4.78, 5) is 37.7. The second kappa shape index (κ2) is 8.14. The van der Waals surface area contributed by atoms with E-state index in [0.29, 0.717) is 29.9 Å². The van der Waals surface area contributed by atoms with Crippen molar-refractivity contribution in [3.8, 4) is 0 Å². The van der Waals surface area contributed by atoms with Crippen LogP contribution in [-0.4, -0.2) is 22.0 Å². The lowest BCUT2D eigenvalue weighted by Gasteiger charge is -2.23. The lowest BCUT2D eigenvalue weighted by molar-refractivity contribution is -0.123. The fourth-order valence-electron chi connectivity index (χ4n) is 3.41. The van der Waals surface area contributed by atoms with Crippen molar-refractivity contribution >= 4 is 17.5 Å². The Bertz CT molecular complexity index is 1080. The molecule has 1 saturated heterocycles. The third-order valence-corrected chi connectivity index (χ3v) is 4.85. The second-order valence-electron chi connectivity index (χ2n) is 7.01. The summed E-state index contributed by atoms with van der Waals surface area (Å²) >= 11 is 0. The zero-order valence-electron chi connectivity index (χ0n) is 15.6. The first-order valence-corrected chi connectivity index (χ1v) is 9.41. The van der Waals surface area contributed by atoms with Crippen LogP contribution in [0.1, 0.15) is 52.6 Å². The van der Waals surface area contributed by atoms with Crippen LogP contribution < -0.4 is 16.4 Å². The SMILES string of the molecule is O=C1CCCC(c2ccc(C(=O)Nc3cccc(Cc4noc(=O)[nH]4)c3)cc2)N1. The first-order valence-electron chi connectivity index (χ1n) is 9.41. The summed E-state index contributed by atoms with van der Waals surface area (Å²) in [6.07, 6.45) is 2.73. The van der Waals surface area contributed by atoms with E-state index in [0.717, 1.165) is 24.0 Å². The molecule has 1 aliphatic rings. The van der Waals surface area contributed by atoms with Gasteiger partial charge in [-0.1, -0.05) is 29.4 Å². The number of aromatic amines is 1. The Morgan fingerprint density at radius 1 is 1.17 bits per heavy atom. The van der Waals surface area contributed by atoms with Gasteiger partial charge in [-0.05, 0) is 48.2 Å². The maximum Gasteiger partial charge on any atom is 0.438 e. The van der Waals surface area contributed by atoms with E-state index in [-0.39, 0.29) is 17.9 Å².